The molecule has 2 N–H and O–H groups in total. The van der Waals surface area contributed by atoms with Gasteiger partial charge >= 0.3 is 0 Å². The lowest BCUT2D eigenvalue weighted by atomic mass is 10.2. The Bertz CT molecular complexity index is 783. The molecule has 7 heteroatoms. The first kappa shape index (κ1) is 19.3. The van der Waals surface area contributed by atoms with E-state index in [1.807, 2.05) is 13.8 Å². The van der Waals surface area contributed by atoms with E-state index in [0.717, 1.165) is 0 Å². The highest BCUT2D eigenvalue weighted by Gasteiger charge is 2.15. The van der Waals surface area contributed by atoms with Gasteiger partial charge in [-0.25, -0.2) is 4.39 Å². The molecule has 0 unspecified atom stereocenters. The number of benzene rings is 2. The molecule has 132 valence electrons. The number of carbonyl (C=O) groups is 2. The highest BCUT2D eigenvalue weighted by atomic mass is 35.5. The summed E-state index contributed by atoms with van der Waals surface area (Å²) in [6.07, 6.45) is 0. The van der Waals surface area contributed by atoms with Gasteiger partial charge in [0.2, 0.25) is 5.91 Å². The molecule has 0 heterocycles. The van der Waals surface area contributed by atoms with E-state index in [4.69, 9.17) is 11.6 Å². The van der Waals surface area contributed by atoms with Crippen molar-refractivity contribution in [3.05, 3.63) is 58.9 Å². The van der Waals surface area contributed by atoms with Crippen molar-refractivity contribution < 1.29 is 14.0 Å². The summed E-state index contributed by atoms with van der Waals surface area (Å²) in [6.45, 7) is 3.76. The van der Waals surface area contributed by atoms with Crippen LogP contribution in [0.5, 0.6) is 0 Å². The largest absolute Gasteiger partial charge is 0.353 e. The first-order chi connectivity index (χ1) is 11.9. The molecule has 0 aliphatic rings. The van der Waals surface area contributed by atoms with Crippen molar-refractivity contribution in [1.29, 1.82) is 0 Å². The Balaban J connectivity index is 2.12. The van der Waals surface area contributed by atoms with Crippen LogP contribution >= 0.6 is 23.4 Å². The maximum Gasteiger partial charge on any atom is 0.256 e. The minimum atomic E-state index is -0.570. The van der Waals surface area contributed by atoms with Crippen LogP contribution in [-0.2, 0) is 4.79 Å². The molecule has 0 aliphatic carbocycles. The number of nitrogens with one attached hydrogen (secondary N) is 2. The maximum atomic E-state index is 13.8. The molecular formula is C18H18ClFN2O2S. The van der Waals surface area contributed by atoms with Crippen LogP contribution in [-0.4, -0.2) is 23.6 Å². The zero-order valence-corrected chi connectivity index (χ0v) is 15.4. The summed E-state index contributed by atoms with van der Waals surface area (Å²) in [7, 11) is 0. The number of thioether (sulfide) groups is 1. The Labute approximate surface area is 155 Å². The van der Waals surface area contributed by atoms with Crippen LogP contribution in [0.4, 0.5) is 10.1 Å². The SMILES string of the molecule is CC(C)NC(=O)CSc1ccccc1C(=O)Nc1cc(Cl)ccc1F. The summed E-state index contributed by atoms with van der Waals surface area (Å²) >= 11 is 7.09. The van der Waals surface area contributed by atoms with Gasteiger partial charge in [0.1, 0.15) is 5.82 Å². The molecule has 0 spiro atoms. The summed E-state index contributed by atoms with van der Waals surface area (Å²) in [5, 5.41) is 5.63. The molecule has 0 saturated carbocycles. The van der Waals surface area contributed by atoms with Crippen LogP contribution in [0.2, 0.25) is 5.02 Å². The number of hydrogen-bond donors (Lipinski definition) is 2. The second-order valence-electron chi connectivity index (χ2n) is 5.59. The number of rotatable bonds is 6. The molecule has 2 aromatic rings. The Morgan fingerprint density at radius 1 is 1.20 bits per heavy atom. The van der Waals surface area contributed by atoms with E-state index in [0.29, 0.717) is 15.5 Å². The Morgan fingerprint density at radius 2 is 1.92 bits per heavy atom. The molecular weight excluding hydrogens is 363 g/mol. The van der Waals surface area contributed by atoms with Crippen LogP contribution in [0, 0.1) is 5.82 Å². The Kier molecular flexibility index (Phi) is 6.84. The van der Waals surface area contributed by atoms with Crippen LogP contribution in [0.15, 0.2) is 47.4 Å². The maximum absolute atomic E-state index is 13.8. The standard InChI is InChI=1S/C18H18ClFN2O2S/c1-11(2)21-17(23)10-25-16-6-4-3-5-13(16)18(24)22-15-9-12(19)7-8-14(15)20/h3-9,11H,10H2,1-2H3,(H,21,23)(H,22,24). The summed E-state index contributed by atoms with van der Waals surface area (Å²) < 4.78 is 13.8. The topological polar surface area (TPSA) is 58.2 Å². The van der Waals surface area contributed by atoms with Crippen LogP contribution in [0.3, 0.4) is 0 Å². The van der Waals surface area contributed by atoms with E-state index < -0.39 is 11.7 Å². The van der Waals surface area contributed by atoms with E-state index in [-0.39, 0.29) is 23.4 Å². The lowest BCUT2D eigenvalue weighted by molar-refractivity contribution is -0.119. The van der Waals surface area contributed by atoms with Gasteiger partial charge in [-0.05, 0) is 44.2 Å². The van der Waals surface area contributed by atoms with Gasteiger partial charge in [0.25, 0.3) is 5.91 Å². The molecule has 0 aromatic heterocycles. The molecule has 25 heavy (non-hydrogen) atoms. The molecule has 2 rings (SSSR count). The van der Waals surface area contributed by atoms with Gasteiger partial charge in [0.05, 0.1) is 17.0 Å². The van der Waals surface area contributed by atoms with Crippen LogP contribution < -0.4 is 10.6 Å². The fraction of sp³-hybridized carbons (Fsp3) is 0.222. The predicted molar refractivity (Wildman–Crippen MR) is 99.8 cm³/mol. The summed E-state index contributed by atoms with van der Waals surface area (Å²) in [5.41, 5.74) is 0.374. The fourth-order valence-corrected chi connectivity index (χ4v) is 3.10. The van der Waals surface area contributed by atoms with Crippen molar-refractivity contribution in [3.8, 4) is 0 Å². The molecule has 0 bridgehead atoms. The van der Waals surface area contributed by atoms with Gasteiger partial charge in [0, 0.05) is 16.0 Å². The average Bonchev–Trinajstić information content (AvgIpc) is 2.56. The first-order valence-electron chi connectivity index (χ1n) is 7.64. The minimum Gasteiger partial charge on any atom is -0.353 e. The fourth-order valence-electron chi connectivity index (χ4n) is 2.07. The lowest BCUT2D eigenvalue weighted by Gasteiger charge is -2.12. The van der Waals surface area contributed by atoms with Gasteiger partial charge in [-0.1, -0.05) is 23.7 Å². The number of hydrogen-bond acceptors (Lipinski definition) is 3. The number of halogens is 2. The lowest BCUT2D eigenvalue weighted by Crippen LogP contribution is -2.31. The van der Waals surface area contributed by atoms with Crippen molar-refractivity contribution in [3.63, 3.8) is 0 Å². The molecule has 0 atom stereocenters. The van der Waals surface area contributed by atoms with E-state index in [9.17, 15) is 14.0 Å². The van der Waals surface area contributed by atoms with Crippen LogP contribution in [0.25, 0.3) is 0 Å². The molecule has 0 aliphatic heterocycles. The molecule has 0 fully saturated rings. The normalized spacial score (nSPS) is 10.6. The smallest absolute Gasteiger partial charge is 0.256 e. The highest BCUT2D eigenvalue weighted by Crippen LogP contribution is 2.25. The van der Waals surface area contributed by atoms with E-state index in [1.165, 1.54) is 30.0 Å². The van der Waals surface area contributed by atoms with Gasteiger partial charge in [-0.2, -0.15) is 0 Å². The van der Waals surface area contributed by atoms with E-state index in [2.05, 4.69) is 10.6 Å². The predicted octanol–water partition coefficient (Wildman–Crippen LogP) is 4.35. The number of amides is 2. The first-order valence-corrected chi connectivity index (χ1v) is 9.00. The van der Waals surface area contributed by atoms with Gasteiger partial charge in [0.15, 0.2) is 0 Å². The van der Waals surface area contributed by atoms with Crippen molar-refractivity contribution >= 4 is 40.9 Å². The monoisotopic (exact) mass is 380 g/mol. The summed E-state index contributed by atoms with van der Waals surface area (Å²) in [5.74, 6) is -0.961. The molecule has 4 nitrogen and oxygen atoms in total. The van der Waals surface area contributed by atoms with Gasteiger partial charge in [-0.15, -0.1) is 11.8 Å². The molecule has 0 radical (unpaired) electrons. The summed E-state index contributed by atoms with van der Waals surface area (Å²) in [4.78, 5) is 24.9. The van der Waals surface area contributed by atoms with Gasteiger partial charge < -0.3 is 10.6 Å². The van der Waals surface area contributed by atoms with E-state index >= 15 is 0 Å². The van der Waals surface area contributed by atoms with Crippen molar-refractivity contribution in [2.45, 2.75) is 24.8 Å². The molecule has 0 saturated heterocycles. The summed E-state index contributed by atoms with van der Waals surface area (Å²) in [6, 6.07) is 10.9. The highest BCUT2D eigenvalue weighted by molar-refractivity contribution is 8.00. The zero-order valence-electron chi connectivity index (χ0n) is 13.8. The number of carbonyl (C=O) groups excluding carboxylic acids is 2. The van der Waals surface area contributed by atoms with Crippen molar-refractivity contribution in [2.24, 2.45) is 0 Å². The van der Waals surface area contributed by atoms with Crippen molar-refractivity contribution in [2.75, 3.05) is 11.1 Å². The van der Waals surface area contributed by atoms with E-state index in [1.54, 1.807) is 24.3 Å². The third kappa shape index (κ3) is 5.76. The van der Waals surface area contributed by atoms with Gasteiger partial charge in [-0.3, -0.25) is 9.59 Å². The Morgan fingerprint density at radius 3 is 2.64 bits per heavy atom. The number of anilines is 1. The zero-order chi connectivity index (χ0) is 18.4. The van der Waals surface area contributed by atoms with Crippen LogP contribution in [0.1, 0.15) is 24.2 Å². The molecule has 2 aromatic carbocycles. The molecule has 2 amide bonds. The third-order valence-electron chi connectivity index (χ3n) is 3.12. The Hall–Kier alpha value is -2.05. The second-order valence-corrected chi connectivity index (χ2v) is 7.04. The average molecular weight is 381 g/mol. The quantitative estimate of drug-likeness (QED) is 0.732. The third-order valence-corrected chi connectivity index (χ3v) is 4.43. The minimum absolute atomic E-state index is 0.00912. The second kappa shape index (κ2) is 8.87. The van der Waals surface area contributed by atoms with Crippen molar-refractivity contribution in [1.82, 2.24) is 5.32 Å².